The van der Waals surface area contributed by atoms with E-state index >= 15 is 0 Å². The van der Waals surface area contributed by atoms with Crippen LogP contribution in [0.15, 0.2) is 42.5 Å². The predicted octanol–water partition coefficient (Wildman–Crippen LogP) is 4.70. The highest BCUT2D eigenvalue weighted by Crippen LogP contribution is 2.32. The van der Waals surface area contributed by atoms with Crippen LogP contribution < -0.4 is 4.74 Å². The second-order valence-electron chi connectivity index (χ2n) is 7.34. The molecule has 0 bridgehead atoms. The fourth-order valence-corrected chi connectivity index (χ4v) is 4.48. The van der Waals surface area contributed by atoms with E-state index in [0.717, 1.165) is 17.8 Å². The van der Waals surface area contributed by atoms with Crippen molar-refractivity contribution in [3.8, 4) is 16.9 Å². The zero-order valence-electron chi connectivity index (χ0n) is 14.8. The topological polar surface area (TPSA) is 12.5 Å². The fraction of sp³-hybridized carbons (Fsp3) is 0.455. The molecule has 0 unspecified atom stereocenters. The van der Waals surface area contributed by atoms with Gasteiger partial charge >= 0.3 is 0 Å². The molecule has 126 valence electrons. The summed E-state index contributed by atoms with van der Waals surface area (Å²) in [6.45, 7) is 3.69. The number of rotatable bonds is 3. The van der Waals surface area contributed by atoms with Gasteiger partial charge < -0.3 is 4.74 Å². The molecule has 0 N–H and O–H groups in total. The van der Waals surface area contributed by atoms with Crippen molar-refractivity contribution in [3.63, 3.8) is 0 Å². The minimum Gasteiger partial charge on any atom is -0.497 e. The van der Waals surface area contributed by atoms with Gasteiger partial charge in [-0.15, -0.1) is 0 Å². The van der Waals surface area contributed by atoms with Gasteiger partial charge in [-0.2, -0.15) is 0 Å². The normalized spacial score (nSPS) is 23.9. The van der Waals surface area contributed by atoms with Crippen LogP contribution in [0.25, 0.3) is 11.1 Å². The third-order valence-corrected chi connectivity index (χ3v) is 5.91. The van der Waals surface area contributed by atoms with Gasteiger partial charge in [-0.25, -0.2) is 0 Å². The first-order valence-electron chi connectivity index (χ1n) is 9.26. The van der Waals surface area contributed by atoms with Gasteiger partial charge in [-0.1, -0.05) is 30.3 Å². The number of likely N-dealkylation sites (tertiary alicyclic amines) is 1. The van der Waals surface area contributed by atoms with E-state index in [-0.39, 0.29) is 0 Å². The summed E-state index contributed by atoms with van der Waals surface area (Å²) in [6.07, 6.45) is 6.50. The Kier molecular flexibility index (Phi) is 4.32. The Morgan fingerprint density at radius 3 is 2.46 bits per heavy atom. The highest BCUT2D eigenvalue weighted by Gasteiger charge is 2.30. The second kappa shape index (κ2) is 6.60. The molecule has 0 spiro atoms. The molecule has 1 aliphatic carbocycles. The lowest BCUT2D eigenvalue weighted by Gasteiger charge is -2.35. The van der Waals surface area contributed by atoms with Gasteiger partial charge in [-0.05, 0) is 80.0 Å². The molecule has 2 aliphatic rings. The number of hydrogen-bond acceptors (Lipinski definition) is 2. The molecule has 0 saturated carbocycles. The van der Waals surface area contributed by atoms with Crippen LogP contribution in [-0.2, 0) is 12.8 Å². The maximum atomic E-state index is 5.26. The third-order valence-electron chi connectivity index (χ3n) is 5.91. The monoisotopic (exact) mass is 321 g/mol. The molecule has 2 aromatic carbocycles. The molecule has 2 heteroatoms. The number of ether oxygens (including phenoxy) is 1. The van der Waals surface area contributed by atoms with Gasteiger partial charge in [0.15, 0.2) is 0 Å². The molecule has 4 rings (SSSR count). The molecule has 2 aromatic rings. The number of fused-ring (bicyclic) bond motifs is 1. The first kappa shape index (κ1) is 15.7. The van der Waals surface area contributed by atoms with E-state index in [0.29, 0.717) is 0 Å². The Balaban J connectivity index is 1.54. The molecule has 1 fully saturated rings. The van der Waals surface area contributed by atoms with Crippen molar-refractivity contribution in [3.05, 3.63) is 53.6 Å². The van der Waals surface area contributed by atoms with Crippen LogP contribution in [0.5, 0.6) is 5.75 Å². The van der Waals surface area contributed by atoms with Crippen LogP contribution in [0, 0.1) is 0 Å². The molecule has 24 heavy (non-hydrogen) atoms. The van der Waals surface area contributed by atoms with Gasteiger partial charge in [-0.3, -0.25) is 4.90 Å². The lowest BCUT2D eigenvalue weighted by Crippen LogP contribution is -2.41. The van der Waals surface area contributed by atoms with Crippen molar-refractivity contribution in [1.29, 1.82) is 0 Å². The number of hydrogen-bond donors (Lipinski definition) is 0. The van der Waals surface area contributed by atoms with E-state index in [1.807, 2.05) is 12.1 Å². The highest BCUT2D eigenvalue weighted by molar-refractivity contribution is 5.66. The van der Waals surface area contributed by atoms with Gasteiger partial charge in [0.1, 0.15) is 5.75 Å². The molecule has 2 atom stereocenters. The van der Waals surface area contributed by atoms with Crippen molar-refractivity contribution >= 4 is 0 Å². The average molecular weight is 321 g/mol. The van der Waals surface area contributed by atoms with Crippen LogP contribution in [0.2, 0.25) is 0 Å². The maximum Gasteiger partial charge on any atom is 0.118 e. The summed E-state index contributed by atoms with van der Waals surface area (Å²) in [4.78, 5) is 2.75. The lowest BCUT2D eigenvalue weighted by atomic mass is 9.85. The first-order valence-corrected chi connectivity index (χ1v) is 9.26. The SMILES string of the molecule is COc1ccc(-c2ccc3c(c2)CC[C@H](N2CCC[C@H]2C)C3)cc1. The van der Waals surface area contributed by atoms with Crippen LogP contribution in [0.3, 0.4) is 0 Å². The number of methoxy groups -OCH3 is 1. The van der Waals surface area contributed by atoms with Crippen molar-refractivity contribution in [2.45, 2.75) is 51.1 Å². The minimum absolute atomic E-state index is 0.752. The Hall–Kier alpha value is -1.80. The van der Waals surface area contributed by atoms with Crippen LogP contribution in [0.1, 0.15) is 37.3 Å². The molecule has 1 aliphatic heterocycles. The standard InChI is InChI=1S/C22H27NO/c1-16-4-3-13-23(16)21-10-7-19-14-18(5-6-20(19)15-21)17-8-11-22(24-2)12-9-17/h5-6,8-9,11-12,14,16,21H,3-4,7,10,13,15H2,1-2H3/t16-,21+/m1/s1. The summed E-state index contributed by atoms with van der Waals surface area (Å²) in [7, 11) is 1.71. The smallest absolute Gasteiger partial charge is 0.118 e. The largest absolute Gasteiger partial charge is 0.497 e. The van der Waals surface area contributed by atoms with Gasteiger partial charge in [0.25, 0.3) is 0 Å². The van der Waals surface area contributed by atoms with Crippen molar-refractivity contribution in [1.82, 2.24) is 4.90 Å². The summed E-state index contributed by atoms with van der Waals surface area (Å²) >= 11 is 0. The molecule has 2 nitrogen and oxygen atoms in total. The summed E-state index contributed by atoms with van der Waals surface area (Å²) in [5.74, 6) is 0.916. The van der Waals surface area contributed by atoms with Crippen molar-refractivity contribution in [2.24, 2.45) is 0 Å². The van der Waals surface area contributed by atoms with Gasteiger partial charge in [0.05, 0.1) is 7.11 Å². The molecular formula is C22H27NO. The second-order valence-corrected chi connectivity index (χ2v) is 7.34. The summed E-state index contributed by atoms with van der Waals surface area (Å²) in [5, 5.41) is 0. The number of benzene rings is 2. The lowest BCUT2D eigenvalue weighted by molar-refractivity contribution is 0.174. The molecule has 1 saturated heterocycles. The van der Waals surface area contributed by atoms with Gasteiger partial charge in [0, 0.05) is 12.1 Å². The maximum absolute atomic E-state index is 5.26. The van der Waals surface area contributed by atoms with Crippen molar-refractivity contribution in [2.75, 3.05) is 13.7 Å². The molecule has 0 aromatic heterocycles. The quantitative estimate of drug-likeness (QED) is 0.812. The minimum atomic E-state index is 0.752. The van der Waals surface area contributed by atoms with Crippen LogP contribution in [-0.4, -0.2) is 30.6 Å². The predicted molar refractivity (Wildman–Crippen MR) is 99.6 cm³/mol. The van der Waals surface area contributed by atoms with E-state index in [2.05, 4.69) is 42.2 Å². The summed E-state index contributed by atoms with van der Waals surface area (Å²) < 4.78 is 5.26. The molecule has 0 amide bonds. The Bertz CT molecular complexity index is 706. The Labute approximate surface area is 145 Å². The fourth-order valence-electron chi connectivity index (χ4n) is 4.48. The van der Waals surface area contributed by atoms with Gasteiger partial charge in [0.2, 0.25) is 0 Å². The number of nitrogens with zero attached hydrogens (tertiary/aromatic N) is 1. The highest BCUT2D eigenvalue weighted by atomic mass is 16.5. The van der Waals surface area contributed by atoms with E-state index in [1.165, 1.54) is 49.8 Å². The van der Waals surface area contributed by atoms with E-state index in [1.54, 1.807) is 18.2 Å². The van der Waals surface area contributed by atoms with E-state index < -0.39 is 0 Å². The van der Waals surface area contributed by atoms with E-state index in [4.69, 9.17) is 4.74 Å². The summed E-state index contributed by atoms with van der Waals surface area (Å²) in [6, 6.07) is 17.0. The molecular weight excluding hydrogens is 294 g/mol. The third kappa shape index (κ3) is 2.95. The Morgan fingerprint density at radius 2 is 1.75 bits per heavy atom. The van der Waals surface area contributed by atoms with E-state index in [9.17, 15) is 0 Å². The zero-order chi connectivity index (χ0) is 16.5. The molecule has 1 heterocycles. The summed E-state index contributed by atoms with van der Waals surface area (Å²) in [5.41, 5.74) is 5.70. The molecule has 0 radical (unpaired) electrons. The Morgan fingerprint density at radius 1 is 0.958 bits per heavy atom. The van der Waals surface area contributed by atoms with Crippen LogP contribution in [0.4, 0.5) is 0 Å². The van der Waals surface area contributed by atoms with Crippen LogP contribution >= 0.6 is 0 Å². The zero-order valence-corrected chi connectivity index (χ0v) is 14.8. The number of aryl methyl sites for hydroxylation is 1. The average Bonchev–Trinajstić information content (AvgIpc) is 3.07. The van der Waals surface area contributed by atoms with Crippen molar-refractivity contribution < 1.29 is 4.74 Å². The first-order chi connectivity index (χ1) is 11.7.